The second-order valence-corrected chi connectivity index (χ2v) is 11.1. The maximum atomic E-state index is 10.8. The van der Waals surface area contributed by atoms with E-state index in [9.17, 15) is 5.11 Å². The van der Waals surface area contributed by atoms with Gasteiger partial charge >= 0.3 is 0 Å². The smallest absolute Gasteiger partial charge is 0.138 e. The second kappa shape index (κ2) is 11.5. The van der Waals surface area contributed by atoms with Crippen molar-refractivity contribution in [2.45, 2.75) is 31.9 Å². The minimum Gasteiger partial charge on any atom is -0.489 e. The summed E-state index contributed by atoms with van der Waals surface area (Å²) in [5.41, 5.74) is 6.82. The van der Waals surface area contributed by atoms with Crippen LogP contribution in [0.1, 0.15) is 33.3 Å². The maximum absolute atomic E-state index is 10.8. The number of aliphatic hydroxyl groups excluding tert-OH is 1. The highest BCUT2D eigenvalue weighted by molar-refractivity contribution is 7.18. The molecule has 1 atom stereocenters. The Hall–Kier alpha value is -2.48. The zero-order valence-electron chi connectivity index (χ0n) is 21.2. The Morgan fingerprint density at radius 3 is 2.24 bits per heavy atom. The molecule has 0 spiro atoms. The summed E-state index contributed by atoms with van der Waals surface area (Å²) in [7, 11) is 0. The number of nitrogens with zero attached hydrogens (tertiary/aromatic N) is 3. The van der Waals surface area contributed by atoms with E-state index in [1.54, 1.807) is 11.3 Å². The average Bonchev–Trinajstić information content (AvgIpc) is 3.20. The van der Waals surface area contributed by atoms with Gasteiger partial charge < -0.3 is 9.84 Å². The molecule has 5 nitrogen and oxygen atoms in total. The summed E-state index contributed by atoms with van der Waals surface area (Å²) < 4.78 is 7.08. The number of piperazine rings is 1. The standard InChI is InChI=1S/C30H33N3O2S.ClH/c1-21-31-27-11-6-12-28(30(27)36-21)35-20-24(34)19-32-15-17-33(18-16-32)29-25-9-4-2-7-22(25)13-14-23-8-3-5-10-26(23)29;/h2-12,24,29,34H,13-20H2,1H3;1H. The highest BCUT2D eigenvalue weighted by atomic mass is 35.5. The Kier molecular flexibility index (Phi) is 8.12. The van der Waals surface area contributed by atoms with E-state index < -0.39 is 6.10 Å². The van der Waals surface area contributed by atoms with Crippen LogP contribution in [-0.4, -0.2) is 65.3 Å². The normalized spacial score (nSPS) is 17.5. The number of fused-ring (bicyclic) bond motifs is 3. The first-order valence-electron chi connectivity index (χ1n) is 12.9. The molecule has 37 heavy (non-hydrogen) atoms. The molecule has 4 aromatic rings. The third-order valence-corrected chi connectivity index (χ3v) is 8.52. The van der Waals surface area contributed by atoms with Crippen LogP contribution >= 0.6 is 23.7 Å². The van der Waals surface area contributed by atoms with Crippen molar-refractivity contribution in [3.8, 4) is 5.75 Å². The minimum atomic E-state index is -0.528. The molecular formula is C30H34ClN3O2S. The molecule has 1 unspecified atom stereocenters. The zero-order valence-corrected chi connectivity index (χ0v) is 22.8. The molecule has 194 valence electrons. The molecule has 0 radical (unpaired) electrons. The van der Waals surface area contributed by atoms with E-state index in [4.69, 9.17) is 4.74 Å². The monoisotopic (exact) mass is 535 g/mol. The van der Waals surface area contributed by atoms with Gasteiger partial charge in [0.25, 0.3) is 0 Å². The number of benzene rings is 3. The number of hydrogen-bond acceptors (Lipinski definition) is 6. The van der Waals surface area contributed by atoms with Crippen LogP contribution in [0.3, 0.4) is 0 Å². The first-order valence-corrected chi connectivity index (χ1v) is 13.8. The zero-order chi connectivity index (χ0) is 24.5. The Morgan fingerprint density at radius 1 is 0.919 bits per heavy atom. The fourth-order valence-electron chi connectivity index (χ4n) is 5.78. The molecule has 0 saturated carbocycles. The van der Waals surface area contributed by atoms with Gasteiger partial charge in [-0.15, -0.1) is 23.7 Å². The van der Waals surface area contributed by atoms with Crippen molar-refractivity contribution < 1.29 is 9.84 Å². The number of hydrogen-bond donors (Lipinski definition) is 1. The minimum absolute atomic E-state index is 0. The van der Waals surface area contributed by atoms with Gasteiger partial charge in [0.15, 0.2) is 0 Å². The number of β-amino-alcohol motifs (C(OH)–C–C–N with tert-alkyl or cyclic N) is 1. The van der Waals surface area contributed by atoms with Crippen molar-refractivity contribution in [1.82, 2.24) is 14.8 Å². The lowest BCUT2D eigenvalue weighted by Gasteiger charge is -2.40. The molecule has 1 aliphatic carbocycles. The van der Waals surface area contributed by atoms with Crippen molar-refractivity contribution in [3.05, 3.63) is 94.0 Å². The van der Waals surface area contributed by atoms with Crippen molar-refractivity contribution in [3.63, 3.8) is 0 Å². The molecule has 0 bridgehead atoms. The third kappa shape index (κ3) is 5.54. The predicted molar refractivity (Wildman–Crippen MR) is 153 cm³/mol. The van der Waals surface area contributed by atoms with Crippen LogP contribution in [0.5, 0.6) is 5.75 Å². The van der Waals surface area contributed by atoms with E-state index >= 15 is 0 Å². The fourth-order valence-corrected chi connectivity index (χ4v) is 6.66. The van der Waals surface area contributed by atoms with Crippen LogP contribution in [0, 0.1) is 6.92 Å². The highest BCUT2D eigenvalue weighted by Crippen LogP contribution is 2.37. The van der Waals surface area contributed by atoms with Crippen LogP contribution in [-0.2, 0) is 12.8 Å². The van der Waals surface area contributed by atoms with E-state index in [0.29, 0.717) is 19.2 Å². The van der Waals surface area contributed by atoms with E-state index in [1.165, 1.54) is 22.3 Å². The highest BCUT2D eigenvalue weighted by Gasteiger charge is 2.31. The second-order valence-electron chi connectivity index (χ2n) is 9.94. The molecule has 1 saturated heterocycles. The fraction of sp³-hybridized carbons (Fsp3) is 0.367. The van der Waals surface area contributed by atoms with E-state index in [2.05, 4.69) is 63.3 Å². The largest absolute Gasteiger partial charge is 0.489 e. The van der Waals surface area contributed by atoms with Crippen LogP contribution in [0.25, 0.3) is 10.2 Å². The number of ether oxygens (including phenoxy) is 1. The van der Waals surface area contributed by atoms with Gasteiger partial charge in [0, 0.05) is 32.7 Å². The lowest BCUT2D eigenvalue weighted by molar-refractivity contribution is 0.0404. The van der Waals surface area contributed by atoms with Crippen LogP contribution < -0.4 is 4.74 Å². The molecule has 6 rings (SSSR count). The lowest BCUT2D eigenvalue weighted by Crippen LogP contribution is -2.50. The quantitative estimate of drug-likeness (QED) is 0.364. The molecule has 0 amide bonds. The molecule has 2 heterocycles. The lowest BCUT2D eigenvalue weighted by atomic mass is 9.92. The van der Waals surface area contributed by atoms with Crippen molar-refractivity contribution >= 4 is 34.0 Å². The summed E-state index contributed by atoms with van der Waals surface area (Å²) in [4.78, 5) is 9.54. The SMILES string of the molecule is Cc1nc2cccc(OCC(O)CN3CCN(C4c5ccccc5CCc5ccccc54)CC3)c2s1.Cl. The Morgan fingerprint density at radius 2 is 1.57 bits per heavy atom. The molecule has 1 aromatic heterocycles. The summed E-state index contributed by atoms with van der Waals surface area (Å²) in [6, 6.07) is 24.2. The van der Waals surface area contributed by atoms with Gasteiger partial charge in [-0.3, -0.25) is 9.80 Å². The molecule has 1 aliphatic heterocycles. The van der Waals surface area contributed by atoms with Gasteiger partial charge in [-0.1, -0.05) is 54.6 Å². The number of aliphatic hydroxyl groups is 1. The predicted octanol–water partition coefficient (Wildman–Crippen LogP) is 5.27. The van der Waals surface area contributed by atoms with Gasteiger partial charge in [0.2, 0.25) is 0 Å². The number of aromatic nitrogens is 1. The van der Waals surface area contributed by atoms with Gasteiger partial charge in [-0.05, 0) is 54.2 Å². The summed E-state index contributed by atoms with van der Waals surface area (Å²) >= 11 is 1.64. The van der Waals surface area contributed by atoms with Crippen molar-refractivity contribution in [2.75, 3.05) is 39.3 Å². The van der Waals surface area contributed by atoms with E-state index in [0.717, 1.165) is 60.0 Å². The van der Waals surface area contributed by atoms with Crippen molar-refractivity contribution in [1.29, 1.82) is 0 Å². The first kappa shape index (κ1) is 26.1. The average molecular weight is 536 g/mol. The Labute approximate surface area is 229 Å². The number of aryl methyl sites for hydroxylation is 3. The molecular weight excluding hydrogens is 502 g/mol. The summed E-state index contributed by atoms with van der Waals surface area (Å²) in [5, 5.41) is 11.8. The van der Waals surface area contributed by atoms with E-state index in [-0.39, 0.29) is 12.4 Å². The number of thiazole rings is 1. The Balaban J connectivity index is 0.00000280. The summed E-state index contributed by atoms with van der Waals surface area (Å²) in [6.07, 6.45) is 1.68. The van der Waals surface area contributed by atoms with Crippen LogP contribution in [0.4, 0.5) is 0 Å². The molecule has 2 aliphatic rings. The molecule has 1 N–H and O–H groups in total. The number of rotatable bonds is 6. The molecule has 1 fully saturated rings. The van der Waals surface area contributed by atoms with E-state index in [1.807, 2.05) is 25.1 Å². The topological polar surface area (TPSA) is 48.8 Å². The maximum Gasteiger partial charge on any atom is 0.138 e. The van der Waals surface area contributed by atoms with Crippen LogP contribution in [0.15, 0.2) is 66.7 Å². The third-order valence-electron chi connectivity index (χ3n) is 7.52. The summed E-state index contributed by atoms with van der Waals surface area (Å²) in [6.45, 7) is 6.79. The first-order chi connectivity index (χ1) is 17.7. The van der Waals surface area contributed by atoms with Gasteiger partial charge in [0.05, 0.1) is 21.3 Å². The number of halogens is 1. The van der Waals surface area contributed by atoms with Gasteiger partial charge in [0.1, 0.15) is 18.5 Å². The summed E-state index contributed by atoms with van der Waals surface area (Å²) in [5.74, 6) is 0.813. The van der Waals surface area contributed by atoms with Gasteiger partial charge in [-0.25, -0.2) is 4.98 Å². The van der Waals surface area contributed by atoms with Crippen molar-refractivity contribution in [2.24, 2.45) is 0 Å². The Bertz CT molecular complexity index is 1300. The molecule has 7 heteroatoms. The van der Waals surface area contributed by atoms with Gasteiger partial charge in [-0.2, -0.15) is 0 Å². The molecule has 3 aromatic carbocycles. The van der Waals surface area contributed by atoms with Crippen LogP contribution in [0.2, 0.25) is 0 Å².